The summed E-state index contributed by atoms with van der Waals surface area (Å²) in [5.41, 5.74) is 0. The van der Waals surface area contributed by atoms with Crippen molar-refractivity contribution in [3.05, 3.63) is 12.7 Å². The van der Waals surface area contributed by atoms with Gasteiger partial charge in [0.15, 0.2) is 0 Å². The molecule has 60 valence electrons. The Balaban J connectivity index is 3.47. The molecule has 2 heteroatoms. The van der Waals surface area contributed by atoms with E-state index in [9.17, 15) is 4.39 Å². The summed E-state index contributed by atoms with van der Waals surface area (Å²) >= 11 is 0. The number of allylic oxidation sites excluding steroid dienone is 1. The largest absolute Gasteiger partial charge is 0.390 e. The van der Waals surface area contributed by atoms with Crippen molar-refractivity contribution in [2.24, 2.45) is 0 Å². The van der Waals surface area contributed by atoms with Crippen molar-refractivity contribution >= 4 is 0 Å². The van der Waals surface area contributed by atoms with Crippen LogP contribution in [-0.4, -0.2) is 17.4 Å². The molecule has 10 heavy (non-hydrogen) atoms. The fraction of sp³-hybridized carbons (Fsp3) is 0.750. The summed E-state index contributed by atoms with van der Waals surface area (Å²) < 4.78 is 12.7. The molecule has 0 aromatic carbocycles. The molecule has 0 saturated heterocycles. The molecule has 0 aromatic rings. The van der Waals surface area contributed by atoms with Crippen molar-refractivity contribution < 1.29 is 9.50 Å². The number of hydrogen-bond donors (Lipinski definition) is 1. The van der Waals surface area contributed by atoms with E-state index in [-0.39, 0.29) is 6.42 Å². The van der Waals surface area contributed by atoms with Gasteiger partial charge in [-0.1, -0.05) is 19.4 Å². The normalized spacial score (nSPS) is 16.3. The van der Waals surface area contributed by atoms with Crippen molar-refractivity contribution in [2.75, 3.05) is 0 Å². The molecular formula is C8H15FO. The maximum Gasteiger partial charge on any atom is 0.129 e. The zero-order chi connectivity index (χ0) is 7.98. The highest BCUT2D eigenvalue weighted by molar-refractivity contribution is 4.77. The summed E-state index contributed by atoms with van der Waals surface area (Å²) in [5, 5.41) is 9.03. The SMILES string of the molecule is C=CCC(F)C(O)CCC. The van der Waals surface area contributed by atoms with Gasteiger partial charge in [0.2, 0.25) is 0 Å². The van der Waals surface area contributed by atoms with Crippen LogP contribution in [-0.2, 0) is 0 Å². The Morgan fingerprint density at radius 3 is 2.70 bits per heavy atom. The average molecular weight is 146 g/mol. The molecule has 0 heterocycles. The molecular weight excluding hydrogens is 131 g/mol. The third-order valence-corrected chi connectivity index (χ3v) is 1.39. The van der Waals surface area contributed by atoms with E-state index >= 15 is 0 Å². The van der Waals surface area contributed by atoms with E-state index in [2.05, 4.69) is 6.58 Å². The molecule has 1 N–H and O–H groups in total. The van der Waals surface area contributed by atoms with Crippen LogP contribution in [0.3, 0.4) is 0 Å². The van der Waals surface area contributed by atoms with Gasteiger partial charge in [-0.25, -0.2) is 4.39 Å². The third kappa shape index (κ3) is 3.62. The van der Waals surface area contributed by atoms with Gasteiger partial charge in [-0.3, -0.25) is 0 Å². The lowest BCUT2D eigenvalue weighted by atomic mass is 10.1. The first-order valence-corrected chi connectivity index (χ1v) is 3.65. The Labute approximate surface area is 61.6 Å². The first kappa shape index (κ1) is 9.63. The summed E-state index contributed by atoms with van der Waals surface area (Å²) in [6, 6.07) is 0. The number of rotatable bonds is 5. The summed E-state index contributed by atoms with van der Waals surface area (Å²) in [5.74, 6) is 0. The Bertz CT molecular complexity index is 93.3. The topological polar surface area (TPSA) is 20.2 Å². The van der Waals surface area contributed by atoms with E-state index in [1.165, 1.54) is 6.08 Å². The first-order valence-electron chi connectivity index (χ1n) is 3.65. The fourth-order valence-electron chi connectivity index (χ4n) is 0.793. The lowest BCUT2D eigenvalue weighted by Gasteiger charge is -2.12. The van der Waals surface area contributed by atoms with Crippen molar-refractivity contribution in [2.45, 2.75) is 38.5 Å². The van der Waals surface area contributed by atoms with Crippen molar-refractivity contribution in [1.29, 1.82) is 0 Å². The van der Waals surface area contributed by atoms with Crippen LogP contribution in [0.25, 0.3) is 0 Å². The second-order valence-corrected chi connectivity index (χ2v) is 2.40. The van der Waals surface area contributed by atoms with E-state index in [1.54, 1.807) is 0 Å². The van der Waals surface area contributed by atoms with Crippen LogP contribution >= 0.6 is 0 Å². The molecule has 0 aliphatic carbocycles. The van der Waals surface area contributed by atoms with E-state index in [0.717, 1.165) is 6.42 Å². The predicted molar refractivity (Wildman–Crippen MR) is 40.6 cm³/mol. The molecule has 0 spiro atoms. The average Bonchev–Trinajstić information content (AvgIpc) is 1.89. The van der Waals surface area contributed by atoms with Gasteiger partial charge in [-0.15, -0.1) is 6.58 Å². The van der Waals surface area contributed by atoms with Crippen LogP contribution in [0.1, 0.15) is 26.2 Å². The number of aliphatic hydroxyl groups is 1. The van der Waals surface area contributed by atoms with Crippen LogP contribution in [0.4, 0.5) is 4.39 Å². The van der Waals surface area contributed by atoms with Crippen LogP contribution in [0.5, 0.6) is 0 Å². The van der Waals surface area contributed by atoms with Gasteiger partial charge in [0.1, 0.15) is 6.17 Å². The monoisotopic (exact) mass is 146 g/mol. The second kappa shape index (κ2) is 5.42. The highest BCUT2D eigenvalue weighted by atomic mass is 19.1. The number of alkyl halides is 1. The standard InChI is InChI=1S/C8H15FO/c1-3-5-7(9)8(10)6-4-2/h3,7-8,10H,1,4-6H2,2H3. The molecule has 0 radical (unpaired) electrons. The molecule has 0 aliphatic rings. The number of aliphatic hydroxyl groups excluding tert-OH is 1. The van der Waals surface area contributed by atoms with Crippen LogP contribution in [0.15, 0.2) is 12.7 Å². The highest BCUT2D eigenvalue weighted by Gasteiger charge is 2.14. The summed E-state index contributed by atoms with van der Waals surface area (Å²) in [7, 11) is 0. The van der Waals surface area contributed by atoms with Gasteiger partial charge in [-0.2, -0.15) is 0 Å². The summed E-state index contributed by atoms with van der Waals surface area (Å²) in [4.78, 5) is 0. The number of halogens is 1. The van der Waals surface area contributed by atoms with Gasteiger partial charge < -0.3 is 5.11 Å². The quantitative estimate of drug-likeness (QED) is 0.588. The zero-order valence-corrected chi connectivity index (χ0v) is 6.39. The first-order chi connectivity index (χ1) is 4.72. The molecule has 2 unspecified atom stereocenters. The van der Waals surface area contributed by atoms with Gasteiger partial charge in [0, 0.05) is 0 Å². The van der Waals surface area contributed by atoms with Crippen LogP contribution < -0.4 is 0 Å². The molecule has 2 atom stereocenters. The molecule has 0 bridgehead atoms. The van der Waals surface area contributed by atoms with Crippen LogP contribution in [0, 0.1) is 0 Å². The van der Waals surface area contributed by atoms with E-state index < -0.39 is 12.3 Å². The van der Waals surface area contributed by atoms with Gasteiger partial charge in [-0.05, 0) is 12.8 Å². The van der Waals surface area contributed by atoms with Crippen LogP contribution in [0.2, 0.25) is 0 Å². The maximum atomic E-state index is 12.7. The Kier molecular flexibility index (Phi) is 5.22. The predicted octanol–water partition coefficient (Wildman–Crippen LogP) is 2.06. The maximum absolute atomic E-state index is 12.7. The molecule has 0 saturated carbocycles. The lowest BCUT2D eigenvalue weighted by Crippen LogP contribution is -2.20. The number of hydrogen-bond acceptors (Lipinski definition) is 1. The third-order valence-electron chi connectivity index (χ3n) is 1.39. The van der Waals surface area contributed by atoms with Gasteiger partial charge in [0.05, 0.1) is 6.10 Å². The van der Waals surface area contributed by atoms with Crippen molar-refractivity contribution in [3.8, 4) is 0 Å². The minimum atomic E-state index is -1.13. The molecule has 0 aliphatic heterocycles. The Morgan fingerprint density at radius 2 is 2.30 bits per heavy atom. The minimum absolute atomic E-state index is 0.251. The van der Waals surface area contributed by atoms with E-state index in [1.807, 2.05) is 6.92 Å². The van der Waals surface area contributed by atoms with E-state index in [4.69, 9.17) is 5.11 Å². The van der Waals surface area contributed by atoms with Gasteiger partial charge >= 0.3 is 0 Å². The fourth-order valence-corrected chi connectivity index (χ4v) is 0.793. The molecule has 1 nitrogen and oxygen atoms in total. The van der Waals surface area contributed by atoms with Gasteiger partial charge in [0.25, 0.3) is 0 Å². The Morgan fingerprint density at radius 1 is 1.70 bits per heavy atom. The molecule has 0 amide bonds. The summed E-state index contributed by atoms with van der Waals surface area (Å²) in [6.45, 7) is 5.31. The molecule has 0 rings (SSSR count). The van der Waals surface area contributed by atoms with E-state index in [0.29, 0.717) is 6.42 Å². The summed E-state index contributed by atoms with van der Waals surface area (Å²) in [6.07, 6.45) is 1.17. The Hall–Kier alpha value is -0.370. The lowest BCUT2D eigenvalue weighted by molar-refractivity contribution is 0.0716. The zero-order valence-electron chi connectivity index (χ0n) is 6.39. The molecule has 0 fully saturated rings. The highest BCUT2D eigenvalue weighted by Crippen LogP contribution is 2.09. The van der Waals surface area contributed by atoms with Crippen molar-refractivity contribution in [1.82, 2.24) is 0 Å². The second-order valence-electron chi connectivity index (χ2n) is 2.40. The van der Waals surface area contributed by atoms with Crippen molar-refractivity contribution in [3.63, 3.8) is 0 Å². The molecule has 0 aromatic heterocycles. The minimum Gasteiger partial charge on any atom is -0.390 e. The smallest absolute Gasteiger partial charge is 0.129 e.